The van der Waals surface area contributed by atoms with Crippen molar-refractivity contribution in [1.29, 1.82) is 0 Å². The fourth-order valence-corrected chi connectivity index (χ4v) is 3.18. The first-order valence-corrected chi connectivity index (χ1v) is 7.62. The average Bonchev–Trinajstić information content (AvgIpc) is 3.09. The molecule has 2 aromatic heterocycles. The van der Waals surface area contributed by atoms with E-state index in [1.165, 1.54) is 0 Å². The molecular formula is C16H21N5O. The van der Waals surface area contributed by atoms with Gasteiger partial charge < -0.3 is 4.90 Å². The summed E-state index contributed by atoms with van der Waals surface area (Å²) in [5.41, 5.74) is 3.91. The van der Waals surface area contributed by atoms with Crippen LogP contribution >= 0.6 is 0 Å². The van der Waals surface area contributed by atoms with Crippen LogP contribution in [0.4, 0.5) is 0 Å². The second kappa shape index (κ2) is 5.87. The van der Waals surface area contributed by atoms with Gasteiger partial charge in [0.1, 0.15) is 0 Å². The summed E-state index contributed by atoms with van der Waals surface area (Å²) in [6, 6.07) is 0.0542. The molecule has 116 valence electrons. The first-order chi connectivity index (χ1) is 10.6. The number of hydrogen-bond donors (Lipinski definition) is 0. The number of carbonyl (C=O) groups is 1. The predicted octanol–water partition coefficient (Wildman–Crippen LogP) is 1.73. The Morgan fingerprint density at radius 3 is 2.82 bits per heavy atom. The summed E-state index contributed by atoms with van der Waals surface area (Å²) < 4.78 is 1.84. The number of hydrogen-bond acceptors (Lipinski definition) is 4. The molecule has 0 radical (unpaired) electrons. The molecule has 0 unspecified atom stereocenters. The third-order valence-corrected chi connectivity index (χ3v) is 4.48. The molecule has 3 heterocycles. The van der Waals surface area contributed by atoms with Crippen LogP contribution < -0.4 is 0 Å². The second-order valence-corrected chi connectivity index (χ2v) is 5.83. The Labute approximate surface area is 130 Å². The molecule has 1 aliphatic rings. The molecule has 1 atom stereocenters. The topological polar surface area (TPSA) is 63.9 Å². The van der Waals surface area contributed by atoms with Crippen molar-refractivity contribution in [3.63, 3.8) is 0 Å². The van der Waals surface area contributed by atoms with Crippen molar-refractivity contribution >= 4 is 5.91 Å². The molecule has 6 heteroatoms. The van der Waals surface area contributed by atoms with Gasteiger partial charge in [0.15, 0.2) is 0 Å². The van der Waals surface area contributed by atoms with Gasteiger partial charge in [-0.2, -0.15) is 5.10 Å². The van der Waals surface area contributed by atoms with Gasteiger partial charge >= 0.3 is 0 Å². The van der Waals surface area contributed by atoms with Crippen LogP contribution in [0.25, 0.3) is 0 Å². The molecule has 3 rings (SSSR count). The maximum absolute atomic E-state index is 12.8. The average molecular weight is 299 g/mol. The lowest BCUT2D eigenvalue weighted by Crippen LogP contribution is -2.32. The predicted molar refractivity (Wildman–Crippen MR) is 82.1 cm³/mol. The fraction of sp³-hybridized carbons (Fsp3) is 0.500. The monoisotopic (exact) mass is 299 g/mol. The van der Waals surface area contributed by atoms with E-state index in [1.807, 2.05) is 30.5 Å². The number of rotatable bonds is 3. The highest BCUT2D eigenvalue weighted by Crippen LogP contribution is 2.31. The minimum atomic E-state index is 0.0542. The molecule has 6 nitrogen and oxygen atoms in total. The van der Waals surface area contributed by atoms with Gasteiger partial charge in [-0.3, -0.25) is 19.4 Å². The van der Waals surface area contributed by atoms with Crippen molar-refractivity contribution in [3.05, 3.63) is 41.2 Å². The van der Waals surface area contributed by atoms with Crippen LogP contribution in [0.15, 0.2) is 18.6 Å². The van der Waals surface area contributed by atoms with Crippen LogP contribution in [-0.2, 0) is 18.3 Å². The summed E-state index contributed by atoms with van der Waals surface area (Å²) >= 11 is 0. The summed E-state index contributed by atoms with van der Waals surface area (Å²) in [7, 11) is 1.91. The minimum Gasteiger partial charge on any atom is -0.334 e. The maximum atomic E-state index is 12.8. The zero-order valence-corrected chi connectivity index (χ0v) is 13.3. The first kappa shape index (κ1) is 14.7. The second-order valence-electron chi connectivity index (χ2n) is 5.83. The number of nitrogens with zero attached hydrogens (tertiary/aromatic N) is 5. The van der Waals surface area contributed by atoms with Crippen LogP contribution in [0.1, 0.15) is 41.5 Å². The van der Waals surface area contributed by atoms with Gasteiger partial charge in [0.2, 0.25) is 5.91 Å². The van der Waals surface area contributed by atoms with E-state index < -0.39 is 0 Å². The minimum absolute atomic E-state index is 0.0542. The van der Waals surface area contributed by atoms with Crippen LogP contribution in [0.5, 0.6) is 0 Å². The summed E-state index contributed by atoms with van der Waals surface area (Å²) in [6.07, 6.45) is 7.48. The molecule has 1 saturated heterocycles. The van der Waals surface area contributed by atoms with Gasteiger partial charge in [0.25, 0.3) is 0 Å². The van der Waals surface area contributed by atoms with Crippen LogP contribution in [0.2, 0.25) is 0 Å². The lowest BCUT2D eigenvalue weighted by molar-refractivity contribution is -0.131. The smallest absolute Gasteiger partial charge is 0.227 e. The SMILES string of the molecule is Cc1nn(C)c(C)c1CC(=O)N1CCC[C@H]1c1cnccn1. The highest BCUT2D eigenvalue weighted by Gasteiger charge is 2.31. The third kappa shape index (κ3) is 2.61. The molecule has 2 aromatic rings. The number of aryl methyl sites for hydroxylation is 2. The summed E-state index contributed by atoms with van der Waals surface area (Å²) in [4.78, 5) is 23.2. The van der Waals surface area contributed by atoms with Crippen LogP contribution in [-0.4, -0.2) is 37.1 Å². The van der Waals surface area contributed by atoms with Gasteiger partial charge in [-0.05, 0) is 26.7 Å². The van der Waals surface area contributed by atoms with Gasteiger partial charge in [0, 0.05) is 37.2 Å². The third-order valence-electron chi connectivity index (χ3n) is 4.48. The van der Waals surface area contributed by atoms with Crippen LogP contribution in [0.3, 0.4) is 0 Å². The lowest BCUT2D eigenvalue weighted by atomic mass is 10.1. The van der Waals surface area contributed by atoms with Crippen molar-refractivity contribution in [1.82, 2.24) is 24.6 Å². The maximum Gasteiger partial charge on any atom is 0.227 e. The fourth-order valence-electron chi connectivity index (χ4n) is 3.18. The van der Waals surface area contributed by atoms with Gasteiger partial charge in [-0.15, -0.1) is 0 Å². The molecular weight excluding hydrogens is 278 g/mol. The molecule has 0 aliphatic carbocycles. The largest absolute Gasteiger partial charge is 0.334 e. The van der Waals surface area contributed by atoms with E-state index in [2.05, 4.69) is 15.1 Å². The standard InChI is InChI=1S/C16H21N5O/c1-11-13(12(2)20(3)19-11)9-16(22)21-8-4-5-15(21)14-10-17-6-7-18-14/h6-7,10,15H,4-5,8-9H2,1-3H3/t15-/m0/s1. The van der Waals surface area contributed by atoms with E-state index in [9.17, 15) is 4.79 Å². The van der Waals surface area contributed by atoms with Gasteiger partial charge in [-0.1, -0.05) is 0 Å². The highest BCUT2D eigenvalue weighted by atomic mass is 16.2. The zero-order valence-electron chi connectivity index (χ0n) is 13.3. The summed E-state index contributed by atoms with van der Waals surface area (Å²) in [5.74, 6) is 0.146. The molecule has 1 fully saturated rings. The number of amides is 1. The normalized spacial score (nSPS) is 18.0. The van der Waals surface area contributed by atoms with Crippen molar-refractivity contribution in [2.45, 2.75) is 39.2 Å². The van der Waals surface area contributed by atoms with E-state index in [-0.39, 0.29) is 11.9 Å². The Bertz CT molecular complexity index is 679. The summed E-state index contributed by atoms with van der Waals surface area (Å²) in [6.45, 7) is 4.75. The number of likely N-dealkylation sites (tertiary alicyclic amines) is 1. The molecule has 22 heavy (non-hydrogen) atoms. The Morgan fingerprint density at radius 1 is 1.36 bits per heavy atom. The Morgan fingerprint density at radius 2 is 2.18 bits per heavy atom. The van der Waals surface area contributed by atoms with Gasteiger partial charge in [-0.25, -0.2) is 0 Å². The molecule has 0 spiro atoms. The van der Waals surface area contributed by atoms with Crippen LogP contribution in [0, 0.1) is 13.8 Å². The molecule has 0 saturated carbocycles. The molecule has 0 aromatic carbocycles. The van der Waals surface area contributed by atoms with E-state index in [1.54, 1.807) is 18.6 Å². The Balaban J connectivity index is 1.79. The molecule has 1 amide bonds. The molecule has 0 N–H and O–H groups in total. The first-order valence-electron chi connectivity index (χ1n) is 7.62. The quantitative estimate of drug-likeness (QED) is 0.866. The van der Waals surface area contributed by atoms with E-state index >= 15 is 0 Å². The Kier molecular flexibility index (Phi) is 3.92. The van der Waals surface area contributed by atoms with Crippen molar-refractivity contribution in [2.75, 3.05) is 6.54 Å². The zero-order chi connectivity index (χ0) is 15.7. The lowest BCUT2D eigenvalue weighted by Gasteiger charge is -2.24. The summed E-state index contributed by atoms with van der Waals surface area (Å²) in [5, 5.41) is 4.39. The van der Waals surface area contributed by atoms with Crippen molar-refractivity contribution in [3.8, 4) is 0 Å². The number of aromatic nitrogens is 4. The van der Waals surface area contributed by atoms with Gasteiger partial charge in [0.05, 0.1) is 30.0 Å². The number of carbonyl (C=O) groups excluding carboxylic acids is 1. The van der Waals surface area contributed by atoms with Crippen molar-refractivity contribution in [2.24, 2.45) is 7.05 Å². The van der Waals surface area contributed by atoms with Crippen molar-refractivity contribution < 1.29 is 4.79 Å². The van der Waals surface area contributed by atoms with E-state index in [0.29, 0.717) is 6.42 Å². The molecule has 0 bridgehead atoms. The van der Waals surface area contributed by atoms with E-state index in [0.717, 1.165) is 42.0 Å². The van der Waals surface area contributed by atoms with E-state index in [4.69, 9.17) is 0 Å². The highest BCUT2D eigenvalue weighted by molar-refractivity contribution is 5.80. The Hall–Kier alpha value is -2.24. The molecule has 1 aliphatic heterocycles.